The molecule has 1 aromatic heterocycles. The maximum atomic E-state index is 4.64. The summed E-state index contributed by atoms with van der Waals surface area (Å²) in [5, 5.41) is 7.06. The smallest absolute Gasteiger partial charge is 0.0544 e. The predicted molar refractivity (Wildman–Crippen MR) is 99.8 cm³/mol. The van der Waals surface area contributed by atoms with Crippen molar-refractivity contribution in [3.63, 3.8) is 0 Å². The van der Waals surface area contributed by atoms with Gasteiger partial charge in [0.15, 0.2) is 0 Å². The third-order valence-corrected chi connectivity index (χ3v) is 3.99. The van der Waals surface area contributed by atoms with Crippen molar-refractivity contribution in [3.8, 4) is 0 Å². The molecule has 0 atom stereocenters. The molecule has 1 aromatic rings. The molecule has 132 valence electrons. The number of pyridine rings is 1. The third kappa shape index (κ3) is 9.69. The maximum Gasteiger partial charge on any atom is 0.0544 e. The Labute approximate surface area is 143 Å². The number of unbranched alkanes of at least 4 members (excludes halogenated alkanes) is 1. The van der Waals surface area contributed by atoms with E-state index in [0.717, 1.165) is 51.4 Å². The van der Waals surface area contributed by atoms with Crippen molar-refractivity contribution in [2.24, 2.45) is 0 Å². The zero-order valence-corrected chi connectivity index (χ0v) is 15.4. The molecule has 0 saturated carbocycles. The molecule has 1 heterocycles. The van der Waals surface area contributed by atoms with E-state index < -0.39 is 0 Å². The van der Waals surface area contributed by atoms with Gasteiger partial charge in [0.2, 0.25) is 0 Å². The van der Waals surface area contributed by atoms with E-state index in [4.69, 9.17) is 0 Å². The van der Waals surface area contributed by atoms with Crippen LogP contribution in [0.1, 0.15) is 51.4 Å². The van der Waals surface area contributed by atoms with Crippen molar-refractivity contribution >= 4 is 0 Å². The molecule has 0 fully saturated rings. The van der Waals surface area contributed by atoms with E-state index in [-0.39, 0.29) is 0 Å². The van der Waals surface area contributed by atoms with Gasteiger partial charge in [-0.25, -0.2) is 0 Å². The van der Waals surface area contributed by atoms with Crippen molar-refractivity contribution in [1.82, 2.24) is 20.5 Å². The number of hydrogen-bond donors (Lipinski definition) is 2. The summed E-state index contributed by atoms with van der Waals surface area (Å²) in [6.07, 6.45) is 4.76. The Morgan fingerprint density at radius 3 is 2.30 bits per heavy atom. The fourth-order valence-electron chi connectivity index (χ4n) is 2.59. The lowest BCUT2D eigenvalue weighted by Gasteiger charge is -2.22. The SMILES string of the molecule is CCCCNCCN(CCC)CCNCc1cccc(CC)n1. The maximum absolute atomic E-state index is 4.64. The van der Waals surface area contributed by atoms with Gasteiger partial charge < -0.3 is 15.5 Å². The Morgan fingerprint density at radius 1 is 0.870 bits per heavy atom. The molecule has 4 nitrogen and oxygen atoms in total. The highest BCUT2D eigenvalue weighted by atomic mass is 15.1. The van der Waals surface area contributed by atoms with Crippen molar-refractivity contribution in [2.75, 3.05) is 39.3 Å². The second-order valence-electron chi connectivity index (χ2n) is 6.10. The van der Waals surface area contributed by atoms with Crippen LogP contribution in [0.15, 0.2) is 18.2 Å². The number of nitrogens with one attached hydrogen (secondary N) is 2. The first kappa shape index (κ1) is 20.1. The molecule has 0 spiro atoms. The Hall–Kier alpha value is -0.970. The summed E-state index contributed by atoms with van der Waals surface area (Å²) in [4.78, 5) is 7.18. The van der Waals surface area contributed by atoms with Crippen LogP contribution >= 0.6 is 0 Å². The topological polar surface area (TPSA) is 40.2 Å². The monoisotopic (exact) mass is 320 g/mol. The molecule has 23 heavy (non-hydrogen) atoms. The van der Waals surface area contributed by atoms with Crippen molar-refractivity contribution in [2.45, 2.75) is 53.0 Å². The fourth-order valence-corrected chi connectivity index (χ4v) is 2.59. The summed E-state index contributed by atoms with van der Waals surface area (Å²) in [6.45, 7) is 14.2. The van der Waals surface area contributed by atoms with Crippen molar-refractivity contribution in [3.05, 3.63) is 29.6 Å². The normalized spacial score (nSPS) is 11.3. The van der Waals surface area contributed by atoms with Gasteiger partial charge in [0.25, 0.3) is 0 Å². The van der Waals surface area contributed by atoms with Crippen molar-refractivity contribution < 1.29 is 0 Å². The zero-order chi connectivity index (χ0) is 16.8. The lowest BCUT2D eigenvalue weighted by Crippen LogP contribution is -2.37. The predicted octanol–water partition coefficient (Wildman–Crippen LogP) is 2.84. The summed E-state index contributed by atoms with van der Waals surface area (Å²) in [5.41, 5.74) is 2.32. The number of aryl methyl sites for hydroxylation is 1. The van der Waals surface area contributed by atoms with E-state index in [9.17, 15) is 0 Å². The fraction of sp³-hybridized carbons (Fsp3) is 0.737. The Balaban J connectivity index is 2.18. The number of hydrogen-bond acceptors (Lipinski definition) is 4. The van der Waals surface area contributed by atoms with Crippen molar-refractivity contribution in [1.29, 1.82) is 0 Å². The first-order valence-corrected chi connectivity index (χ1v) is 9.38. The van der Waals surface area contributed by atoms with Gasteiger partial charge in [0.1, 0.15) is 0 Å². The average Bonchev–Trinajstić information content (AvgIpc) is 2.58. The molecule has 4 heteroatoms. The average molecular weight is 321 g/mol. The highest BCUT2D eigenvalue weighted by Crippen LogP contribution is 2.00. The van der Waals surface area contributed by atoms with Crippen LogP contribution in [0.5, 0.6) is 0 Å². The van der Waals surface area contributed by atoms with Gasteiger partial charge >= 0.3 is 0 Å². The summed E-state index contributed by atoms with van der Waals surface area (Å²) in [7, 11) is 0. The number of aromatic nitrogens is 1. The molecular formula is C19H36N4. The summed E-state index contributed by atoms with van der Waals surface area (Å²) in [6, 6.07) is 6.31. The molecule has 0 aliphatic carbocycles. The molecule has 0 saturated heterocycles. The Kier molecular flexibility index (Phi) is 11.8. The Bertz CT molecular complexity index is 395. The second kappa shape index (κ2) is 13.5. The quantitative estimate of drug-likeness (QED) is 0.517. The zero-order valence-electron chi connectivity index (χ0n) is 15.4. The molecule has 2 N–H and O–H groups in total. The lowest BCUT2D eigenvalue weighted by atomic mass is 10.2. The van der Waals surface area contributed by atoms with Crippen LogP contribution in [0.2, 0.25) is 0 Å². The van der Waals surface area contributed by atoms with E-state index in [2.05, 4.69) is 59.5 Å². The molecule has 0 bridgehead atoms. The summed E-state index contributed by atoms with van der Waals surface area (Å²) >= 11 is 0. The summed E-state index contributed by atoms with van der Waals surface area (Å²) in [5.74, 6) is 0. The van der Waals surface area contributed by atoms with Gasteiger partial charge in [-0.3, -0.25) is 4.98 Å². The van der Waals surface area contributed by atoms with Gasteiger partial charge in [-0.05, 0) is 44.5 Å². The molecule has 0 unspecified atom stereocenters. The van der Waals surface area contributed by atoms with Gasteiger partial charge in [0, 0.05) is 38.4 Å². The van der Waals surface area contributed by atoms with E-state index in [1.807, 2.05) is 0 Å². The number of rotatable bonds is 14. The molecule has 0 aliphatic rings. The second-order valence-corrected chi connectivity index (χ2v) is 6.10. The molecule has 0 aliphatic heterocycles. The van der Waals surface area contributed by atoms with Crippen LogP contribution in [-0.2, 0) is 13.0 Å². The molecule has 0 amide bonds. The number of nitrogens with zero attached hydrogens (tertiary/aromatic N) is 2. The minimum Gasteiger partial charge on any atom is -0.315 e. The minimum absolute atomic E-state index is 0.864. The molecule has 0 radical (unpaired) electrons. The van der Waals surface area contributed by atoms with Crippen LogP contribution in [0.3, 0.4) is 0 Å². The van der Waals surface area contributed by atoms with E-state index in [0.29, 0.717) is 0 Å². The van der Waals surface area contributed by atoms with Gasteiger partial charge in [-0.15, -0.1) is 0 Å². The van der Waals surface area contributed by atoms with Crippen LogP contribution in [0, 0.1) is 0 Å². The van der Waals surface area contributed by atoms with Crippen LogP contribution in [0.4, 0.5) is 0 Å². The molecule has 0 aromatic carbocycles. The highest BCUT2D eigenvalue weighted by Gasteiger charge is 2.03. The van der Waals surface area contributed by atoms with Crippen LogP contribution in [-0.4, -0.2) is 49.2 Å². The van der Waals surface area contributed by atoms with Crippen LogP contribution in [0.25, 0.3) is 0 Å². The standard InChI is InChI=1S/C19H36N4/c1-4-7-11-20-12-15-23(14-5-2)16-13-21-17-19-10-8-9-18(6-3)22-19/h8-10,20-21H,4-7,11-17H2,1-3H3. The lowest BCUT2D eigenvalue weighted by molar-refractivity contribution is 0.272. The molecular weight excluding hydrogens is 284 g/mol. The minimum atomic E-state index is 0.864. The van der Waals surface area contributed by atoms with Gasteiger partial charge in [0.05, 0.1) is 5.69 Å². The van der Waals surface area contributed by atoms with Gasteiger partial charge in [-0.1, -0.05) is 33.3 Å². The van der Waals surface area contributed by atoms with E-state index in [1.165, 1.54) is 31.5 Å². The molecule has 1 rings (SSSR count). The Morgan fingerprint density at radius 2 is 1.61 bits per heavy atom. The highest BCUT2D eigenvalue weighted by molar-refractivity contribution is 5.10. The van der Waals surface area contributed by atoms with Gasteiger partial charge in [-0.2, -0.15) is 0 Å². The van der Waals surface area contributed by atoms with E-state index >= 15 is 0 Å². The third-order valence-electron chi connectivity index (χ3n) is 3.99. The largest absolute Gasteiger partial charge is 0.315 e. The summed E-state index contributed by atoms with van der Waals surface area (Å²) < 4.78 is 0. The van der Waals surface area contributed by atoms with E-state index in [1.54, 1.807) is 0 Å². The first-order chi connectivity index (χ1) is 11.3. The first-order valence-electron chi connectivity index (χ1n) is 9.38. The van der Waals surface area contributed by atoms with Crippen LogP contribution < -0.4 is 10.6 Å².